The molecule has 7 heteroatoms. The second kappa shape index (κ2) is 6.87. The van der Waals surface area contributed by atoms with E-state index < -0.39 is 0 Å². The van der Waals surface area contributed by atoms with Gasteiger partial charge in [-0.15, -0.1) is 0 Å². The zero-order valence-corrected chi connectivity index (χ0v) is 15.0. The Morgan fingerprint density at radius 3 is 2.67 bits per heavy atom. The molecule has 0 radical (unpaired) electrons. The number of para-hydroxylation sites is 1. The summed E-state index contributed by atoms with van der Waals surface area (Å²) < 4.78 is 10.7. The minimum atomic E-state index is 0.445. The third-order valence-electron chi connectivity index (χ3n) is 4.32. The molecule has 136 valence electrons. The molecule has 0 fully saturated rings. The second-order valence-electron chi connectivity index (χ2n) is 5.93. The number of rotatable bonds is 5. The Morgan fingerprint density at radius 2 is 1.85 bits per heavy atom. The van der Waals surface area contributed by atoms with Crippen molar-refractivity contribution < 1.29 is 9.47 Å². The van der Waals surface area contributed by atoms with E-state index >= 15 is 0 Å². The van der Waals surface area contributed by atoms with Gasteiger partial charge in [-0.1, -0.05) is 18.2 Å². The zero-order valence-electron chi connectivity index (χ0n) is 15.0. The van der Waals surface area contributed by atoms with Gasteiger partial charge in [0.2, 0.25) is 5.95 Å². The summed E-state index contributed by atoms with van der Waals surface area (Å²) in [7, 11) is 3.14. The number of methoxy groups -OCH3 is 2. The van der Waals surface area contributed by atoms with Gasteiger partial charge in [0.1, 0.15) is 11.5 Å². The molecule has 0 aliphatic heterocycles. The second-order valence-corrected chi connectivity index (χ2v) is 5.93. The number of nitrogens with one attached hydrogen (secondary N) is 2. The number of hydrogen-bond acceptors (Lipinski definition) is 6. The van der Waals surface area contributed by atoms with Crippen molar-refractivity contribution >= 4 is 28.2 Å². The van der Waals surface area contributed by atoms with Gasteiger partial charge in [0, 0.05) is 34.9 Å². The van der Waals surface area contributed by atoms with Crippen LogP contribution in [0.4, 0.5) is 17.3 Å². The van der Waals surface area contributed by atoms with E-state index in [4.69, 9.17) is 15.2 Å². The fourth-order valence-corrected chi connectivity index (χ4v) is 2.99. The number of anilines is 3. The number of aromatic nitrogens is 3. The van der Waals surface area contributed by atoms with Gasteiger partial charge in [-0.3, -0.25) is 0 Å². The van der Waals surface area contributed by atoms with Crippen molar-refractivity contribution in [3.8, 4) is 22.8 Å². The maximum atomic E-state index is 6.01. The van der Waals surface area contributed by atoms with Gasteiger partial charge >= 0.3 is 0 Å². The van der Waals surface area contributed by atoms with Gasteiger partial charge < -0.3 is 25.5 Å². The van der Waals surface area contributed by atoms with Crippen LogP contribution in [0.3, 0.4) is 0 Å². The number of nitrogens with zero attached hydrogens (tertiary/aromatic N) is 2. The number of ether oxygens (including phenoxy) is 2. The molecule has 0 atom stereocenters. The SMILES string of the molecule is COc1cc(OC)c(Nc2nccc(-c3c[nH]c4ccccc34)n2)cc1N. The van der Waals surface area contributed by atoms with Crippen molar-refractivity contribution in [1.82, 2.24) is 15.0 Å². The van der Waals surface area contributed by atoms with Crippen LogP contribution in [0.15, 0.2) is 54.9 Å². The standard InChI is InChI=1S/C20H19N5O2/c1-26-18-10-19(27-2)17(9-14(18)21)25-20-22-8-7-16(24-20)13-11-23-15-6-4-3-5-12(13)15/h3-11,23H,21H2,1-2H3,(H,22,24,25). The largest absolute Gasteiger partial charge is 0.494 e. The molecule has 2 heterocycles. The first-order chi connectivity index (χ1) is 13.2. The molecule has 0 amide bonds. The molecule has 4 N–H and O–H groups in total. The minimum Gasteiger partial charge on any atom is -0.494 e. The van der Waals surface area contributed by atoms with Crippen molar-refractivity contribution in [2.45, 2.75) is 0 Å². The van der Waals surface area contributed by atoms with Gasteiger partial charge in [0.05, 0.1) is 31.3 Å². The summed E-state index contributed by atoms with van der Waals surface area (Å²) in [5.74, 6) is 1.58. The Balaban J connectivity index is 1.71. The van der Waals surface area contributed by atoms with Gasteiger partial charge in [-0.05, 0) is 18.2 Å². The molecule has 27 heavy (non-hydrogen) atoms. The number of H-pyrrole nitrogens is 1. The van der Waals surface area contributed by atoms with Crippen molar-refractivity contribution in [3.63, 3.8) is 0 Å². The first-order valence-electron chi connectivity index (χ1n) is 8.37. The maximum Gasteiger partial charge on any atom is 0.227 e. The highest BCUT2D eigenvalue weighted by Gasteiger charge is 2.12. The summed E-state index contributed by atoms with van der Waals surface area (Å²) in [6.45, 7) is 0. The molecule has 2 aromatic carbocycles. The number of nitrogen functional groups attached to an aromatic ring is 1. The molecule has 0 unspecified atom stereocenters. The van der Waals surface area contributed by atoms with Crippen LogP contribution in [0.2, 0.25) is 0 Å². The predicted molar refractivity (Wildman–Crippen MR) is 107 cm³/mol. The number of fused-ring (bicyclic) bond motifs is 1. The van der Waals surface area contributed by atoms with Crippen molar-refractivity contribution in [1.29, 1.82) is 0 Å². The summed E-state index contributed by atoms with van der Waals surface area (Å²) in [6.07, 6.45) is 3.66. The fourth-order valence-electron chi connectivity index (χ4n) is 2.99. The van der Waals surface area contributed by atoms with Gasteiger partial charge in [-0.25, -0.2) is 9.97 Å². The highest BCUT2D eigenvalue weighted by molar-refractivity contribution is 5.94. The average Bonchev–Trinajstić information content (AvgIpc) is 3.13. The van der Waals surface area contributed by atoms with Crippen LogP contribution in [-0.4, -0.2) is 29.2 Å². The Kier molecular flexibility index (Phi) is 4.25. The first kappa shape index (κ1) is 16.7. The van der Waals surface area contributed by atoms with Crippen molar-refractivity contribution in [2.75, 3.05) is 25.3 Å². The lowest BCUT2D eigenvalue weighted by Gasteiger charge is -2.13. The van der Waals surface area contributed by atoms with Gasteiger partial charge in [0.25, 0.3) is 0 Å². The Bertz CT molecular complexity index is 1110. The summed E-state index contributed by atoms with van der Waals surface area (Å²) in [5.41, 5.74) is 10.0. The van der Waals surface area contributed by atoms with Crippen molar-refractivity contribution in [3.05, 3.63) is 54.9 Å². The zero-order chi connectivity index (χ0) is 18.8. The molecular formula is C20H19N5O2. The van der Waals surface area contributed by atoms with E-state index in [0.29, 0.717) is 28.8 Å². The summed E-state index contributed by atoms with van der Waals surface area (Å²) in [4.78, 5) is 12.2. The normalized spacial score (nSPS) is 10.7. The highest BCUT2D eigenvalue weighted by atomic mass is 16.5. The van der Waals surface area contributed by atoms with Crippen LogP contribution in [0.1, 0.15) is 0 Å². The van der Waals surface area contributed by atoms with E-state index in [1.165, 1.54) is 0 Å². The van der Waals surface area contributed by atoms with Gasteiger partial charge in [-0.2, -0.15) is 0 Å². The Morgan fingerprint density at radius 1 is 1.04 bits per heavy atom. The van der Waals surface area contributed by atoms with E-state index in [-0.39, 0.29) is 0 Å². The number of nitrogens with two attached hydrogens (primary N) is 1. The van der Waals surface area contributed by atoms with E-state index in [1.807, 2.05) is 30.5 Å². The molecule has 0 aliphatic carbocycles. The van der Waals surface area contributed by atoms with Crippen LogP contribution >= 0.6 is 0 Å². The van der Waals surface area contributed by atoms with Crippen LogP contribution in [0.5, 0.6) is 11.5 Å². The molecular weight excluding hydrogens is 342 g/mol. The molecule has 0 saturated carbocycles. The minimum absolute atomic E-state index is 0.445. The molecule has 7 nitrogen and oxygen atoms in total. The molecule has 4 rings (SSSR count). The van der Waals surface area contributed by atoms with Crippen molar-refractivity contribution in [2.24, 2.45) is 0 Å². The quantitative estimate of drug-likeness (QED) is 0.465. The van der Waals surface area contributed by atoms with Crippen LogP contribution in [0.25, 0.3) is 22.2 Å². The molecule has 2 aromatic heterocycles. The number of aromatic amines is 1. The highest BCUT2D eigenvalue weighted by Crippen LogP contribution is 2.36. The molecule has 0 spiro atoms. The Labute approximate surface area is 156 Å². The average molecular weight is 361 g/mol. The van der Waals surface area contributed by atoms with Crippen LogP contribution in [0, 0.1) is 0 Å². The third kappa shape index (κ3) is 3.10. The maximum absolute atomic E-state index is 6.01. The number of hydrogen-bond donors (Lipinski definition) is 3. The third-order valence-corrected chi connectivity index (χ3v) is 4.32. The molecule has 0 saturated heterocycles. The summed E-state index contributed by atoms with van der Waals surface area (Å²) >= 11 is 0. The van der Waals surface area contributed by atoms with E-state index in [0.717, 1.165) is 22.2 Å². The topological polar surface area (TPSA) is 98.1 Å². The fraction of sp³-hybridized carbons (Fsp3) is 0.100. The van der Waals surface area contributed by atoms with Crippen LogP contribution < -0.4 is 20.5 Å². The lowest BCUT2D eigenvalue weighted by atomic mass is 10.1. The summed E-state index contributed by atoms with van der Waals surface area (Å²) in [5, 5.41) is 4.28. The monoisotopic (exact) mass is 361 g/mol. The van der Waals surface area contributed by atoms with Gasteiger partial charge in [0.15, 0.2) is 0 Å². The summed E-state index contributed by atoms with van der Waals surface area (Å²) in [6, 6.07) is 13.4. The predicted octanol–water partition coefficient (Wildman–Crippen LogP) is 3.97. The van der Waals surface area contributed by atoms with E-state index in [2.05, 4.69) is 26.3 Å². The lowest BCUT2D eigenvalue weighted by molar-refractivity contribution is 0.397. The number of benzene rings is 2. The smallest absolute Gasteiger partial charge is 0.227 e. The van der Waals surface area contributed by atoms with E-state index in [1.54, 1.807) is 32.5 Å². The lowest BCUT2D eigenvalue weighted by Crippen LogP contribution is -2.02. The first-order valence-corrected chi connectivity index (χ1v) is 8.37. The molecule has 0 bridgehead atoms. The van der Waals surface area contributed by atoms with E-state index in [9.17, 15) is 0 Å². The Hall–Kier alpha value is -3.74. The van der Waals surface area contributed by atoms with Crippen LogP contribution in [-0.2, 0) is 0 Å². The molecule has 0 aliphatic rings. The molecule has 4 aromatic rings.